The van der Waals surface area contributed by atoms with Crippen LogP contribution in [0.15, 0.2) is 18.3 Å². The standard InChI is InChI=1S/C14H22N4/c1-11(15)12-2-5-14(16-10-12)18-8-6-17(7-9-18)13-3-4-13/h2,5,10-11,13H,3-4,6-9,15H2,1H3. The van der Waals surface area contributed by atoms with Crippen molar-refractivity contribution in [2.45, 2.75) is 31.8 Å². The molecule has 18 heavy (non-hydrogen) atoms. The van der Waals surface area contributed by atoms with Gasteiger partial charge in [0.25, 0.3) is 0 Å². The maximum Gasteiger partial charge on any atom is 0.128 e. The van der Waals surface area contributed by atoms with Crippen LogP contribution in [-0.2, 0) is 0 Å². The Morgan fingerprint density at radius 1 is 1.22 bits per heavy atom. The number of piperazine rings is 1. The molecule has 1 saturated carbocycles. The molecule has 0 aromatic carbocycles. The molecule has 1 aromatic heterocycles. The molecule has 1 unspecified atom stereocenters. The molecule has 3 rings (SSSR count). The molecule has 1 saturated heterocycles. The van der Waals surface area contributed by atoms with Crippen LogP contribution in [0.1, 0.15) is 31.4 Å². The van der Waals surface area contributed by atoms with Gasteiger partial charge in [0, 0.05) is 44.5 Å². The van der Waals surface area contributed by atoms with Gasteiger partial charge in [-0.2, -0.15) is 0 Å². The number of aromatic nitrogens is 1. The van der Waals surface area contributed by atoms with Crippen LogP contribution in [0.4, 0.5) is 5.82 Å². The number of nitrogens with zero attached hydrogens (tertiary/aromatic N) is 3. The van der Waals surface area contributed by atoms with Gasteiger partial charge in [0.05, 0.1) is 0 Å². The van der Waals surface area contributed by atoms with Crippen LogP contribution >= 0.6 is 0 Å². The lowest BCUT2D eigenvalue weighted by atomic mass is 10.1. The van der Waals surface area contributed by atoms with E-state index in [9.17, 15) is 0 Å². The summed E-state index contributed by atoms with van der Waals surface area (Å²) in [6.07, 6.45) is 4.72. The van der Waals surface area contributed by atoms with E-state index in [1.54, 1.807) is 0 Å². The summed E-state index contributed by atoms with van der Waals surface area (Å²) < 4.78 is 0. The number of nitrogens with two attached hydrogens (primary N) is 1. The number of anilines is 1. The highest BCUT2D eigenvalue weighted by Gasteiger charge is 2.31. The molecule has 2 heterocycles. The van der Waals surface area contributed by atoms with Crippen molar-refractivity contribution < 1.29 is 0 Å². The Kier molecular flexibility index (Phi) is 3.22. The third-order valence-corrected chi connectivity index (χ3v) is 4.00. The third-order valence-electron chi connectivity index (χ3n) is 4.00. The van der Waals surface area contributed by atoms with Gasteiger partial charge in [0.2, 0.25) is 0 Å². The number of hydrogen-bond donors (Lipinski definition) is 1. The lowest BCUT2D eigenvalue weighted by Crippen LogP contribution is -2.47. The monoisotopic (exact) mass is 246 g/mol. The Morgan fingerprint density at radius 2 is 1.94 bits per heavy atom. The first kappa shape index (κ1) is 11.9. The molecule has 0 amide bonds. The second-order valence-corrected chi connectivity index (χ2v) is 5.49. The molecule has 4 heteroatoms. The molecule has 0 radical (unpaired) electrons. The Hall–Kier alpha value is -1.13. The molecule has 98 valence electrons. The Balaban J connectivity index is 1.61. The van der Waals surface area contributed by atoms with Crippen molar-refractivity contribution >= 4 is 5.82 Å². The zero-order chi connectivity index (χ0) is 12.5. The highest BCUT2D eigenvalue weighted by Crippen LogP contribution is 2.28. The van der Waals surface area contributed by atoms with Gasteiger partial charge < -0.3 is 10.6 Å². The van der Waals surface area contributed by atoms with E-state index in [1.807, 2.05) is 13.1 Å². The smallest absolute Gasteiger partial charge is 0.128 e. The van der Waals surface area contributed by atoms with Crippen molar-refractivity contribution in [3.8, 4) is 0 Å². The highest BCUT2D eigenvalue weighted by molar-refractivity contribution is 5.40. The largest absolute Gasteiger partial charge is 0.354 e. The summed E-state index contributed by atoms with van der Waals surface area (Å²) in [6.45, 7) is 6.55. The number of pyridine rings is 1. The number of hydrogen-bond acceptors (Lipinski definition) is 4. The average Bonchev–Trinajstić information content (AvgIpc) is 3.23. The fourth-order valence-electron chi connectivity index (χ4n) is 2.61. The van der Waals surface area contributed by atoms with Gasteiger partial charge in [-0.05, 0) is 31.4 Å². The molecule has 4 nitrogen and oxygen atoms in total. The Morgan fingerprint density at radius 3 is 2.44 bits per heavy atom. The van der Waals surface area contributed by atoms with E-state index in [0.717, 1.165) is 30.5 Å². The van der Waals surface area contributed by atoms with E-state index in [2.05, 4.69) is 26.9 Å². The van der Waals surface area contributed by atoms with Gasteiger partial charge in [0.1, 0.15) is 5.82 Å². The lowest BCUT2D eigenvalue weighted by molar-refractivity contribution is 0.247. The molecule has 0 spiro atoms. The van der Waals surface area contributed by atoms with Crippen LogP contribution in [0, 0.1) is 0 Å². The topological polar surface area (TPSA) is 45.4 Å². The summed E-state index contributed by atoms with van der Waals surface area (Å²) >= 11 is 0. The summed E-state index contributed by atoms with van der Waals surface area (Å²) in [5.41, 5.74) is 6.95. The minimum Gasteiger partial charge on any atom is -0.354 e. The van der Waals surface area contributed by atoms with Crippen molar-refractivity contribution in [2.75, 3.05) is 31.1 Å². The first-order valence-corrected chi connectivity index (χ1v) is 6.94. The molecule has 1 aliphatic carbocycles. The molecule has 2 N–H and O–H groups in total. The van der Waals surface area contributed by atoms with Gasteiger partial charge in [0.15, 0.2) is 0 Å². The average molecular weight is 246 g/mol. The van der Waals surface area contributed by atoms with Gasteiger partial charge in [-0.25, -0.2) is 4.98 Å². The SMILES string of the molecule is CC(N)c1ccc(N2CCN(C3CC3)CC2)nc1. The maximum atomic E-state index is 5.84. The predicted octanol–water partition coefficient (Wildman–Crippen LogP) is 1.39. The summed E-state index contributed by atoms with van der Waals surface area (Å²) in [7, 11) is 0. The summed E-state index contributed by atoms with van der Waals surface area (Å²) in [6, 6.07) is 5.16. The van der Waals surface area contributed by atoms with Crippen molar-refractivity contribution in [3.05, 3.63) is 23.9 Å². The summed E-state index contributed by atoms with van der Waals surface area (Å²) in [5.74, 6) is 1.09. The van der Waals surface area contributed by atoms with E-state index < -0.39 is 0 Å². The van der Waals surface area contributed by atoms with Crippen molar-refractivity contribution in [2.24, 2.45) is 5.73 Å². The second kappa shape index (κ2) is 4.86. The van der Waals surface area contributed by atoms with Crippen LogP contribution in [0.5, 0.6) is 0 Å². The van der Waals surface area contributed by atoms with Crippen molar-refractivity contribution in [1.29, 1.82) is 0 Å². The lowest BCUT2D eigenvalue weighted by Gasteiger charge is -2.35. The van der Waals surface area contributed by atoms with Crippen molar-refractivity contribution in [1.82, 2.24) is 9.88 Å². The summed E-state index contributed by atoms with van der Waals surface area (Å²) in [4.78, 5) is 9.53. The number of rotatable bonds is 3. The summed E-state index contributed by atoms with van der Waals surface area (Å²) in [5, 5.41) is 0. The minimum atomic E-state index is 0.0678. The molecule has 0 bridgehead atoms. The van der Waals surface area contributed by atoms with Crippen molar-refractivity contribution in [3.63, 3.8) is 0 Å². The van der Waals surface area contributed by atoms with Gasteiger partial charge in [-0.15, -0.1) is 0 Å². The van der Waals surface area contributed by atoms with Crippen LogP contribution < -0.4 is 10.6 Å². The quantitative estimate of drug-likeness (QED) is 0.875. The fourth-order valence-corrected chi connectivity index (χ4v) is 2.61. The first-order valence-electron chi connectivity index (χ1n) is 6.94. The zero-order valence-electron chi connectivity index (χ0n) is 11.0. The van der Waals surface area contributed by atoms with Crippen LogP contribution in [0.25, 0.3) is 0 Å². The second-order valence-electron chi connectivity index (χ2n) is 5.49. The van der Waals surface area contributed by atoms with E-state index in [4.69, 9.17) is 5.73 Å². The Bertz CT molecular complexity index is 389. The van der Waals surface area contributed by atoms with E-state index in [0.29, 0.717) is 0 Å². The van der Waals surface area contributed by atoms with E-state index >= 15 is 0 Å². The molecule has 1 aromatic rings. The van der Waals surface area contributed by atoms with Gasteiger partial charge in [-0.3, -0.25) is 4.90 Å². The normalized spacial score (nSPS) is 23.1. The molecule has 1 aliphatic heterocycles. The molecule has 1 atom stereocenters. The highest BCUT2D eigenvalue weighted by atomic mass is 15.3. The van der Waals surface area contributed by atoms with E-state index in [-0.39, 0.29) is 6.04 Å². The van der Waals surface area contributed by atoms with Crippen LogP contribution in [0.2, 0.25) is 0 Å². The molecule has 2 fully saturated rings. The van der Waals surface area contributed by atoms with Gasteiger partial charge in [-0.1, -0.05) is 6.07 Å². The molecular formula is C14H22N4. The van der Waals surface area contributed by atoms with Crippen LogP contribution in [0.3, 0.4) is 0 Å². The van der Waals surface area contributed by atoms with Crippen LogP contribution in [-0.4, -0.2) is 42.1 Å². The Labute approximate surface area is 109 Å². The van der Waals surface area contributed by atoms with E-state index in [1.165, 1.54) is 25.9 Å². The maximum absolute atomic E-state index is 5.84. The predicted molar refractivity (Wildman–Crippen MR) is 73.6 cm³/mol. The molecular weight excluding hydrogens is 224 g/mol. The minimum absolute atomic E-state index is 0.0678. The third kappa shape index (κ3) is 2.49. The molecule has 2 aliphatic rings. The van der Waals surface area contributed by atoms with Gasteiger partial charge >= 0.3 is 0 Å². The zero-order valence-corrected chi connectivity index (χ0v) is 11.0. The first-order chi connectivity index (χ1) is 8.74. The fraction of sp³-hybridized carbons (Fsp3) is 0.643.